The van der Waals surface area contributed by atoms with Crippen molar-refractivity contribution in [3.63, 3.8) is 0 Å². The fourth-order valence-corrected chi connectivity index (χ4v) is 8.61. The van der Waals surface area contributed by atoms with E-state index < -0.39 is 0 Å². The maximum absolute atomic E-state index is 10.6. The fourth-order valence-electron chi connectivity index (χ4n) is 4.57. The molecule has 0 radical (unpaired) electrons. The normalized spacial score (nSPS) is 12.1. The molecule has 212 valence electrons. The zero-order chi connectivity index (χ0) is 27.9. The molecule has 3 aromatic heterocycles. The largest absolute Gasteiger partial charge is 0.388 e. The van der Waals surface area contributed by atoms with Crippen LogP contribution in [0.1, 0.15) is 116 Å². The van der Waals surface area contributed by atoms with E-state index in [0.717, 1.165) is 38.8 Å². The van der Waals surface area contributed by atoms with E-state index in [9.17, 15) is 5.11 Å². The summed E-state index contributed by atoms with van der Waals surface area (Å²) in [4.78, 5) is 9.57. The van der Waals surface area contributed by atoms with E-state index in [-0.39, 0.29) is 6.10 Å². The fraction of sp³-hybridized carbons (Fsp3) is 0.471. The lowest BCUT2D eigenvalue weighted by Gasteiger charge is -2.08. The quantitative estimate of drug-likeness (QED) is 0.0972. The van der Waals surface area contributed by atoms with Gasteiger partial charge in [0, 0.05) is 39.1 Å². The van der Waals surface area contributed by atoms with Crippen molar-refractivity contribution in [2.75, 3.05) is 0 Å². The van der Waals surface area contributed by atoms with E-state index in [1.54, 1.807) is 23.1 Å². The molecule has 3 aromatic rings. The second-order valence-corrected chi connectivity index (χ2v) is 14.8. The molecule has 1 unspecified atom stereocenters. The van der Waals surface area contributed by atoms with Crippen LogP contribution >= 0.6 is 45.8 Å². The summed E-state index contributed by atoms with van der Waals surface area (Å²) in [5, 5.41) is 10.6. The van der Waals surface area contributed by atoms with Gasteiger partial charge in [-0.05, 0) is 68.5 Å². The van der Waals surface area contributed by atoms with E-state index in [4.69, 9.17) is 0 Å². The van der Waals surface area contributed by atoms with Gasteiger partial charge < -0.3 is 5.11 Å². The molecule has 0 saturated heterocycles. The summed E-state index contributed by atoms with van der Waals surface area (Å²) in [5.41, 5.74) is 0. The minimum atomic E-state index is -0.366. The molecule has 3 heterocycles. The lowest BCUT2D eigenvalue weighted by atomic mass is 10.1. The van der Waals surface area contributed by atoms with Gasteiger partial charge in [-0.2, -0.15) is 0 Å². The molecule has 0 saturated carbocycles. The molecule has 3 rings (SSSR count). The highest BCUT2D eigenvalue weighted by atomic mass is 32.2. The van der Waals surface area contributed by atoms with Crippen molar-refractivity contribution in [2.24, 2.45) is 0 Å². The summed E-state index contributed by atoms with van der Waals surface area (Å²) >= 11 is 7.06. The van der Waals surface area contributed by atoms with E-state index in [1.165, 1.54) is 90.1 Å². The van der Waals surface area contributed by atoms with Gasteiger partial charge in [0.2, 0.25) is 0 Å². The average Bonchev–Trinajstić information content (AvgIpc) is 3.71. The predicted molar refractivity (Wildman–Crippen MR) is 182 cm³/mol. The molecular formula is C34H46OS4. The monoisotopic (exact) mass is 598 g/mol. The van der Waals surface area contributed by atoms with Crippen LogP contribution in [0.4, 0.5) is 0 Å². The smallest absolute Gasteiger partial charge is 0.0882 e. The number of hydrogen-bond acceptors (Lipinski definition) is 5. The molecule has 0 fully saturated rings. The van der Waals surface area contributed by atoms with Crippen LogP contribution in [-0.4, -0.2) is 5.11 Å². The third kappa shape index (κ3) is 11.2. The van der Waals surface area contributed by atoms with Crippen molar-refractivity contribution in [1.82, 2.24) is 0 Å². The Morgan fingerprint density at radius 1 is 0.769 bits per heavy atom. The molecular weight excluding hydrogens is 553 g/mol. The number of hydrogen-bond donors (Lipinski definition) is 1. The van der Waals surface area contributed by atoms with E-state index in [2.05, 4.69) is 63.1 Å². The SMILES string of the molecule is C=CCCCCCCCCCc1ccc(-c2ccc(C(=C)SC(=C)c3ccc(C(O)CCCCCC)s3)s2)s1. The van der Waals surface area contributed by atoms with Gasteiger partial charge in [0.15, 0.2) is 0 Å². The number of aliphatic hydroxyl groups is 1. The summed E-state index contributed by atoms with van der Waals surface area (Å²) in [5.74, 6) is 0. The lowest BCUT2D eigenvalue weighted by molar-refractivity contribution is 0.167. The van der Waals surface area contributed by atoms with Crippen LogP contribution in [0.5, 0.6) is 0 Å². The first kappa shape index (κ1) is 32.1. The average molecular weight is 599 g/mol. The maximum atomic E-state index is 10.6. The highest BCUT2D eigenvalue weighted by Gasteiger charge is 2.14. The maximum Gasteiger partial charge on any atom is 0.0882 e. The Labute approximate surface area is 253 Å². The zero-order valence-electron chi connectivity index (χ0n) is 23.7. The van der Waals surface area contributed by atoms with Crippen LogP contribution in [-0.2, 0) is 6.42 Å². The highest BCUT2D eigenvalue weighted by Crippen LogP contribution is 2.44. The Kier molecular flexibility index (Phi) is 15.0. The first-order chi connectivity index (χ1) is 19.0. The number of aliphatic hydroxyl groups excluding tert-OH is 1. The van der Waals surface area contributed by atoms with E-state index in [0.29, 0.717) is 0 Å². The number of aryl methyl sites for hydroxylation is 1. The Morgan fingerprint density at radius 3 is 2.13 bits per heavy atom. The summed E-state index contributed by atoms with van der Waals surface area (Å²) in [6.45, 7) is 14.7. The number of thiophene rings is 3. The molecule has 1 nitrogen and oxygen atoms in total. The Balaban J connectivity index is 1.42. The van der Waals surface area contributed by atoms with Crippen molar-refractivity contribution in [3.05, 3.63) is 81.7 Å². The van der Waals surface area contributed by atoms with E-state index in [1.807, 2.05) is 28.7 Å². The summed E-state index contributed by atoms with van der Waals surface area (Å²) in [6, 6.07) is 13.2. The van der Waals surface area contributed by atoms with Gasteiger partial charge in [-0.1, -0.05) is 95.7 Å². The van der Waals surface area contributed by atoms with Crippen LogP contribution in [0.25, 0.3) is 19.6 Å². The molecule has 1 N–H and O–H groups in total. The number of allylic oxidation sites excluding steroid dienone is 1. The molecule has 1 atom stereocenters. The van der Waals surface area contributed by atoms with Crippen LogP contribution in [0.2, 0.25) is 0 Å². The van der Waals surface area contributed by atoms with Gasteiger partial charge in [-0.3, -0.25) is 0 Å². The molecule has 5 heteroatoms. The van der Waals surface area contributed by atoms with Crippen LogP contribution < -0.4 is 0 Å². The molecule has 0 aliphatic rings. The Bertz CT molecular complexity index is 1150. The van der Waals surface area contributed by atoms with Crippen LogP contribution in [0, 0.1) is 0 Å². The molecule has 0 aliphatic carbocycles. The molecule has 0 spiro atoms. The Morgan fingerprint density at radius 2 is 1.38 bits per heavy atom. The second-order valence-electron chi connectivity index (χ2n) is 10.2. The minimum absolute atomic E-state index is 0.366. The minimum Gasteiger partial charge on any atom is -0.388 e. The summed E-state index contributed by atoms with van der Waals surface area (Å²) in [6.07, 6.45) is 19.0. The summed E-state index contributed by atoms with van der Waals surface area (Å²) < 4.78 is 0. The first-order valence-corrected chi connectivity index (χ1v) is 17.9. The van der Waals surface area contributed by atoms with Crippen LogP contribution in [0.15, 0.2) is 62.2 Å². The van der Waals surface area contributed by atoms with Gasteiger partial charge in [-0.25, -0.2) is 0 Å². The van der Waals surface area contributed by atoms with Crippen molar-refractivity contribution in [2.45, 2.75) is 103 Å². The second kappa shape index (κ2) is 18.1. The lowest BCUT2D eigenvalue weighted by Crippen LogP contribution is -1.93. The molecule has 0 aromatic carbocycles. The van der Waals surface area contributed by atoms with Crippen molar-refractivity contribution in [1.29, 1.82) is 0 Å². The van der Waals surface area contributed by atoms with Crippen LogP contribution in [0.3, 0.4) is 0 Å². The topological polar surface area (TPSA) is 20.2 Å². The standard InChI is InChI=1S/C34H46OS4/c1-5-7-9-11-12-13-14-15-16-18-28-20-21-33(37-28)34-25-23-31(39-34)27(4)36-26(3)30-22-24-32(38-30)29(35)19-17-10-8-6-2/h5,20-25,29,35H,1,3-4,6-19H2,2H3. The van der Waals surface area contributed by atoms with Crippen molar-refractivity contribution >= 4 is 55.6 Å². The predicted octanol–water partition coefficient (Wildman–Crippen LogP) is 12.8. The van der Waals surface area contributed by atoms with Crippen molar-refractivity contribution in [3.8, 4) is 9.75 Å². The molecule has 39 heavy (non-hydrogen) atoms. The highest BCUT2D eigenvalue weighted by molar-refractivity contribution is 8.16. The number of thioether (sulfide) groups is 1. The van der Waals surface area contributed by atoms with Gasteiger partial charge in [0.1, 0.15) is 0 Å². The Hall–Kier alpha value is -1.37. The third-order valence-corrected chi connectivity index (χ3v) is 11.8. The van der Waals surface area contributed by atoms with E-state index >= 15 is 0 Å². The first-order valence-electron chi connectivity index (χ1n) is 14.7. The number of rotatable bonds is 21. The number of unbranched alkanes of at least 4 members (excludes halogenated alkanes) is 10. The zero-order valence-corrected chi connectivity index (χ0v) is 27.0. The molecule has 0 amide bonds. The van der Waals surface area contributed by atoms with Gasteiger partial charge >= 0.3 is 0 Å². The van der Waals surface area contributed by atoms with Gasteiger partial charge in [-0.15, -0.1) is 40.6 Å². The third-order valence-electron chi connectivity index (χ3n) is 6.92. The van der Waals surface area contributed by atoms with Gasteiger partial charge in [0.05, 0.1) is 6.10 Å². The van der Waals surface area contributed by atoms with Gasteiger partial charge in [0.25, 0.3) is 0 Å². The van der Waals surface area contributed by atoms with Crippen molar-refractivity contribution < 1.29 is 5.11 Å². The molecule has 0 bridgehead atoms. The molecule has 0 aliphatic heterocycles. The summed E-state index contributed by atoms with van der Waals surface area (Å²) in [7, 11) is 0.